The van der Waals surface area contributed by atoms with Crippen LogP contribution in [0.2, 0.25) is 0 Å². The summed E-state index contributed by atoms with van der Waals surface area (Å²) in [5.41, 5.74) is 8.47. The van der Waals surface area contributed by atoms with Crippen LogP contribution in [0.25, 0.3) is 0 Å². The summed E-state index contributed by atoms with van der Waals surface area (Å²) in [7, 11) is 1.68. The van der Waals surface area contributed by atoms with Gasteiger partial charge in [0.25, 0.3) is 0 Å². The van der Waals surface area contributed by atoms with Crippen LogP contribution in [-0.4, -0.2) is 13.7 Å². The smallest absolute Gasteiger partial charge is 0.127 e. The topological polar surface area (TPSA) is 44.5 Å². The van der Waals surface area contributed by atoms with Crippen molar-refractivity contribution in [2.45, 2.75) is 12.3 Å². The van der Waals surface area contributed by atoms with Crippen molar-refractivity contribution in [3.05, 3.63) is 90.0 Å². The van der Waals surface area contributed by atoms with E-state index >= 15 is 0 Å². The third-order valence-electron chi connectivity index (χ3n) is 4.23. The van der Waals surface area contributed by atoms with Gasteiger partial charge >= 0.3 is 0 Å². The summed E-state index contributed by atoms with van der Waals surface area (Å²) in [6.07, 6.45) is 0.884. The van der Waals surface area contributed by atoms with Gasteiger partial charge in [0.15, 0.2) is 0 Å². The van der Waals surface area contributed by atoms with Crippen LogP contribution < -0.4 is 15.2 Å². The molecule has 3 aromatic rings. The van der Waals surface area contributed by atoms with E-state index in [1.54, 1.807) is 7.11 Å². The van der Waals surface area contributed by atoms with Crippen molar-refractivity contribution >= 4 is 0 Å². The number of benzene rings is 3. The van der Waals surface area contributed by atoms with Gasteiger partial charge in [0.05, 0.1) is 7.11 Å². The highest BCUT2D eigenvalue weighted by Crippen LogP contribution is 2.27. The maximum atomic E-state index is 6.05. The largest absolute Gasteiger partial charge is 0.497 e. The molecule has 0 aliphatic carbocycles. The van der Waals surface area contributed by atoms with Crippen molar-refractivity contribution in [3.8, 4) is 17.2 Å². The zero-order valence-electron chi connectivity index (χ0n) is 14.4. The van der Waals surface area contributed by atoms with E-state index in [2.05, 4.69) is 24.3 Å². The van der Waals surface area contributed by atoms with Gasteiger partial charge in [0.2, 0.25) is 0 Å². The molecule has 2 N–H and O–H groups in total. The van der Waals surface area contributed by atoms with Gasteiger partial charge in [0, 0.05) is 5.92 Å². The van der Waals surface area contributed by atoms with Crippen LogP contribution in [-0.2, 0) is 6.42 Å². The maximum absolute atomic E-state index is 6.05. The van der Waals surface area contributed by atoms with Crippen LogP contribution in [0.4, 0.5) is 0 Å². The third kappa shape index (κ3) is 4.61. The first-order chi connectivity index (χ1) is 12.3. The summed E-state index contributed by atoms with van der Waals surface area (Å²) >= 11 is 0. The van der Waals surface area contributed by atoms with Crippen LogP contribution in [0.3, 0.4) is 0 Å². The molecular formula is C22H23NO2. The van der Waals surface area contributed by atoms with Crippen LogP contribution in [0.15, 0.2) is 78.9 Å². The van der Waals surface area contributed by atoms with Crippen LogP contribution in [0.5, 0.6) is 17.2 Å². The lowest BCUT2D eigenvalue weighted by Gasteiger charge is -2.17. The molecule has 0 spiro atoms. The molecule has 3 heteroatoms. The molecule has 3 aromatic carbocycles. The number of rotatable bonds is 7. The summed E-state index contributed by atoms with van der Waals surface area (Å²) in [6.45, 7) is 0.584. The normalized spacial score (nSPS) is 11.8. The van der Waals surface area contributed by atoms with E-state index in [0.29, 0.717) is 6.54 Å². The van der Waals surface area contributed by atoms with Gasteiger partial charge in [-0.2, -0.15) is 0 Å². The molecular weight excluding hydrogens is 310 g/mol. The quantitative estimate of drug-likeness (QED) is 0.677. The molecule has 1 atom stereocenters. The van der Waals surface area contributed by atoms with Gasteiger partial charge in [-0.25, -0.2) is 0 Å². The minimum atomic E-state index is 0.243. The van der Waals surface area contributed by atoms with Gasteiger partial charge in [-0.15, -0.1) is 0 Å². The van der Waals surface area contributed by atoms with Gasteiger partial charge in [-0.05, 0) is 60.5 Å². The predicted molar refractivity (Wildman–Crippen MR) is 101 cm³/mol. The average molecular weight is 333 g/mol. The monoisotopic (exact) mass is 333 g/mol. The zero-order chi connectivity index (χ0) is 17.5. The second-order valence-electron chi connectivity index (χ2n) is 5.97. The lowest BCUT2D eigenvalue weighted by Crippen LogP contribution is -2.15. The molecule has 0 aromatic heterocycles. The molecule has 25 heavy (non-hydrogen) atoms. The molecule has 0 fully saturated rings. The SMILES string of the molecule is COc1ccc(CC(CN)c2cccc(Oc3ccccc3)c2)cc1. The fourth-order valence-corrected chi connectivity index (χ4v) is 2.84. The molecule has 128 valence electrons. The minimum absolute atomic E-state index is 0.243. The summed E-state index contributed by atoms with van der Waals surface area (Å²) < 4.78 is 11.2. The van der Waals surface area contributed by atoms with E-state index in [4.69, 9.17) is 15.2 Å². The lowest BCUT2D eigenvalue weighted by molar-refractivity contribution is 0.414. The Kier molecular flexibility index (Phi) is 5.70. The second kappa shape index (κ2) is 8.36. The number of hydrogen-bond acceptors (Lipinski definition) is 3. The molecule has 0 amide bonds. The first kappa shape index (κ1) is 17.1. The summed E-state index contributed by atoms with van der Waals surface area (Å²) in [5.74, 6) is 2.77. The zero-order valence-corrected chi connectivity index (χ0v) is 14.4. The van der Waals surface area contributed by atoms with Gasteiger partial charge in [-0.1, -0.05) is 42.5 Å². The Hall–Kier alpha value is -2.78. The summed E-state index contributed by atoms with van der Waals surface area (Å²) in [4.78, 5) is 0. The van der Waals surface area contributed by atoms with Crippen molar-refractivity contribution in [3.63, 3.8) is 0 Å². The standard InChI is InChI=1S/C22H23NO2/c1-24-20-12-10-17(11-13-20)14-19(16-23)18-6-5-9-22(15-18)25-21-7-3-2-4-8-21/h2-13,15,19H,14,16,23H2,1H3. The fraction of sp³-hybridized carbons (Fsp3) is 0.182. The van der Waals surface area contributed by atoms with Gasteiger partial charge in [-0.3, -0.25) is 0 Å². The van der Waals surface area contributed by atoms with E-state index < -0.39 is 0 Å². The highest BCUT2D eigenvalue weighted by molar-refractivity contribution is 5.36. The molecule has 0 saturated carbocycles. The fourth-order valence-electron chi connectivity index (χ4n) is 2.84. The molecule has 3 nitrogen and oxygen atoms in total. The van der Waals surface area contributed by atoms with Crippen LogP contribution in [0.1, 0.15) is 17.0 Å². The maximum Gasteiger partial charge on any atom is 0.127 e. The highest BCUT2D eigenvalue weighted by Gasteiger charge is 2.12. The Balaban J connectivity index is 1.74. The van der Waals surface area contributed by atoms with E-state index in [1.807, 2.05) is 54.6 Å². The summed E-state index contributed by atoms with van der Waals surface area (Å²) in [6, 6.07) is 26.1. The van der Waals surface area contributed by atoms with E-state index in [9.17, 15) is 0 Å². The number of nitrogens with two attached hydrogens (primary N) is 1. The number of ether oxygens (including phenoxy) is 2. The molecule has 0 radical (unpaired) electrons. The molecule has 0 aliphatic rings. The Bertz CT molecular complexity index is 785. The first-order valence-corrected chi connectivity index (χ1v) is 8.44. The van der Waals surface area contributed by atoms with Crippen molar-refractivity contribution < 1.29 is 9.47 Å². The highest BCUT2D eigenvalue weighted by atomic mass is 16.5. The third-order valence-corrected chi connectivity index (χ3v) is 4.23. The Labute approximate surface area is 149 Å². The van der Waals surface area contributed by atoms with Crippen molar-refractivity contribution in [1.29, 1.82) is 0 Å². The van der Waals surface area contributed by atoms with E-state index in [-0.39, 0.29) is 5.92 Å². The number of hydrogen-bond donors (Lipinski definition) is 1. The van der Waals surface area contributed by atoms with Crippen LogP contribution >= 0.6 is 0 Å². The van der Waals surface area contributed by atoms with Crippen molar-refractivity contribution in [2.75, 3.05) is 13.7 Å². The lowest BCUT2D eigenvalue weighted by atomic mass is 9.92. The molecule has 1 unspecified atom stereocenters. The first-order valence-electron chi connectivity index (χ1n) is 8.44. The summed E-state index contributed by atoms with van der Waals surface area (Å²) in [5, 5.41) is 0. The number of methoxy groups -OCH3 is 1. The predicted octanol–water partition coefficient (Wildman–Crippen LogP) is 4.77. The second-order valence-corrected chi connectivity index (χ2v) is 5.97. The average Bonchev–Trinajstić information content (AvgIpc) is 2.67. The molecule has 0 aliphatic heterocycles. The van der Waals surface area contributed by atoms with Crippen LogP contribution in [0, 0.1) is 0 Å². The Morgan fingerprint density at radius 3 is 2.20 bits per heavy atom. The Morgan fingerprint density at radius 1 is 0.800 bits per heavy atom. The molecule has 0 bridgehead atoms. The van der Waals surface area contributed by atoms with Crippen molar-refractivity contribution in [1.82, 2.24) is 0 Å². The minimum Gasteiger partial charge on any atom is -0.497 e. The van der Waals surface area contributed by atoms with Crippen molar-refractivity contribution in [2.24, 2.45) is 5.73 Å². The Morgan fingerprint density at radius 2 is 1.52 bits per heavy atom. The van der Waals surface area contributed by atoms with Gasteiger partial charge < -0.3 is 15.2 Å². The molecule has 0 heterocycles. The van der Waals surface area contributed by atoms with E-state index in [0.717, 1.165) is 23.7 Å². The number of para-hydroxylation sites is 1. The molecule has 0 saturated heterocycles. The molecule has 3 rings (SSSR count). The van der Waals surface area contributed by atoms with Gasteiger partial charge in [0.1, 0.15) is 17.2 Å². The van der Waals surface area contributed by atoms with E-state index in [1.165, 1.54) is 11.1 Å².